The standard InChI is InChI=1S/C14H16N4OS/c1-2-18-8-5-11-12(9-18)20-14(16-11)17-13(19)10-3-6-15-7-4-10/h3-4,6-7H,2,5,8-9H2,1H3,(H,16,17,19). The molecule has 2 aromatic heterocycles. The van der Waals surface area contributed by atoms with Crippen molar-refractivity contribution >= 4 is 22.4 Å². The minimum atomic E-state index is -0.133. The Labute approximate surface area is 121 Å². The van der Waals surface area contributed by atoms with Crippen LogP contribution in [0.5, 0.6) is 0 Å². The van der Waals surface area contributed by atoms with Gasteiger partial charge in [0.05, 0.1) is 5.69 Å². The molecule has 0 saturated carbocycles. The van der Waals surface area contributed by atoms with Crippen molar-refractivity contribution in [3.05, 3.63) is 40.7 Å². The van der Waals surface area contributed by atoms with Gasteiger partial charge in [0.25, 0.3) is 5.91 Å². The molecule has 6 heteroatoms. The fourth-order valence-corrected chi connectivity index (χ4v) is 3.29. The molecule has 0 bridgehead atoms. The number of likely N-dealkylation sites (N-methyl/N-ethyl adjacent to an activating group) is 1. The molecule has 5 nitrogen and oxygen atoms in total. The first-order valence-corrected chi connectivity index (χ1v) is 7.50. The van der Waals surface area contributed by atoms with Gasteiger partial charge in [0.1, 0.15) is 0 Å². The third-order valence-corrected chi connectivity index (χ3v) is 4.42. The highest BCUT2D eigenvalue weighted by atomic mass is 32.1. The molecule has 1 aliphatic rings. The first-order valence-electron chi connectivity index (χ1n) is 6.68. The van der Waals surface area contributed by atoms with E-state index < -0.39 is 0 Å². The number of anilines is 1. The van der Waals surface area contributed by atoms with Crippen LogP contribution in [0.3, 0.4) is 0 Å². The monoisotopic (exact) mass is 288 g/mol. The number of pyridine rings is 1. The van der Waals surface area contributed by atoms with Crippen LogP contribution in [0.15, 0.2) is 24.5 Å². The smallest absolute Gasteiger partial charge is 0.257 e. The quantitative estimate of drug-likeness (QED) is 0.940. The van der Waals surface area contributed by atoms with Gasteiger partial charge in [0.15, 0.2) is 5.13 Å². The molecule has 0 unspecified atom stereocenters. The van der Waals surface area contributed by atoms with Crippen molar-refractivity contribution in [1.82, 2.24) is 14.9 Å². The van der Waals surface area contributed by atoms with E-state index in [9.17, 15) is 4.79 Å². The average molecular weight is 288 g/mol. The topological polar surface area (TPSA) is 58.1 Å². The molecule has 0 atom stereocenters. The van der Waals surface area contributed by atoms with Crippen LogP contribution in [0.1, 0.15) is 27.9 Å². The number of carbonyl (C=O) groups excluding carboxylic acids is 1. The van der Waals surface area contributed by atoms with Crippen molar-refractivity contribution in [1.29, 1.82) is 0 Å². The summed E-state index contributed by atoms with van der Waals surface area (Å²) in [5.41, 5.74) is 1.73. The van der Waals surface area contributed by atoms with Crippen LogP contribution >= 0.6 is 11.3 Å². The summed E-state index contributed by atoms with van der Waals surface area (Å²) in [5.74, 6) is -0.133. The van der Waals surface area contributed by atoms with Crippen molar-refractivity contribution < 1.29 is 4.79 Å². The summed E-state index contributed by atoms with van der Waals surface area (Å²) in [6.07, 6.45) is 4.19. The molecule has 1 amide bonds. The third kappa shape index (κ3) is 2.71. The van der Waals surface area contributed by atoms with Crippen molar-refractivity contribution in [2.75, 3.05) is 18.4 Å². The van der Waals surface area contributed by atoms with Crippen LogP contribution in [0.2, 0.25) is 0 Å². The van der Waals surface area contributed by atoms with E-state index in [4.69, 9.17) is 0 Å². The molecular formula is C14H16N4OS. The lowest BCUT2D eigenvalue weighted by molar-refractivity contribution is 0.102. The van der Waals surface area contributed by atoms with Crippen LogP contribution in [0.25, 0.3) is 0 Å². The fourth-order valence-electron chi connectivity index (χ4n) is 2.24. The predicted molar refractivity (Wildman–Crippen MR) is 79.0 cm³/mol. The molecule has 20 heavy (non-hydrogen) atoms. The van der Waals surface area contributed by atoms with Crippen molar-refractivity contribution in [2.45, 2.75) is 19.9 Å². The minimum Gasteiger partial charge on any atom is -0.298 e. The summed E-state index contributed by atoms with van der Waals surface area (Å²) >= 11 is 1.58. The van der Waals surface area contributed by atoms with E-state index in [1.165, 1.54) is 4.88 Å². The van der Waals surface area contributed by atoms with Crippen LogP contribution in [-0.2, 0) is 13.0 Å². The van der Waals surface area contributed by atoms with E-state index >= 15 is 0 Å². The van der Waals surface area contributed by atoms with Gasteiger partial charge in [-0.2, -0.15) is 0 Å². The number of fused-ring (bicyclic) bond motifs is 1. The van der Waals surface area contributed by atoms with Crippen LogP contribution in [0, 0.1) is 0 Å². The van der Waals surface area contributed by atoms with E-state index in [0.29, 0.717) is 10.7 Å². The summed E-state index contributed by atoms with van der Waals surface area (Å²) in [6.45, 7) is 5.20. The second kappa shape index (κ2) is 5.68. The molecule has 0 aliphatic carbocycles. The van der Waals surface area contributed by atoms with Gasteiger partial charge in [-0.15, -0.1) is 11.3 Å². The highest BCUT2D eigenvalue weighted by Crippen LogP contribution is 2.28. The third-order valence-electron chi connectivity index (χ3n) is 3.42. The molecule has 1 aliphatic heterocycles. The molecular weight excluding hydrogens is 272 g/mol. The maximum atomic E-state index is 12.1. The maximum Gasteiger partial charge on any atom is 0.257 e. The lowest BCUT2D eigenvalue weighted by Crippen LogP contribution is -2.29. The van der Waals surface area contributed by atoms with Gasteiger partial charge in [-0.05, 0) is 18.7 Å². The Kier molecular flexibility index (Phi) is 3.75. The normalized spacial score (nSPS) is 14.8. The van der Waals surface area contributed by atoms with Gasteiger partial charge in [-0.3, -0.25) is 20.0 Å². The Morgan fingerprint density at radius 3 is 3.00 bits per heavy atom. The first kappa shape index (κ1) is 13.2. The average Bonchev–Trinajstić information content (AvgIpc) is 2.89. The van der Waals surface area contributed by atoms with E-state index in [1.807, 2.05) is 0 Å². The molecule has 3 rings (SSSR count). The van der Waals surface area contributed by atoms with Gasteiger partial charge in [0, 0.05) is 42.3 Å². The Morgan fingerprint density at radius 2 is 2.25 bits per heavy atom. The number of nitrogens with one attached hydrogen (secondary N) is 1. The van der Waals surface area contributed by atoms with Gasteiger partial charge in [0.2, 0.25) is 0 Å². The maximum absolute atomic E-state index is 12.1. The number of rotatable bonds is 3. The van der Waals surface area contributed by atoms with Crippen LogP contribution in [-0.4, -0.2) is 33.9 Å². The number of thiazole rings is 1. The zero-order valence-electron chi connectivity index (χ0n) is 11.3. The number of hydrogen-bond acceptors (Lipinski definition) is 5. The highest BCUT2D eigenvalue weighted by molar-refractivity contribution is 7.15. The molecule has 0 fully saturated rings. The van der Waals surface area contributed by atoms with Crippen LogP contribution < -0.4 is 5.32 Å². The molecule has 0 saturated heterocycles. The number of amides is 1. The van der Waals surface area contributed by atoms with Gasteiger partial charge >= 0.3 is 0 Å². The Morgan fingerprint density at radius 1 is 1.45 bits per heavy atom. The molecule has 3 heterocycles. The predicted octanol–water partition coefficient (Wildman–Crippen LogP) is 2.17. The Bertz CT molecular complexity index is 611. The zero-order valence-corrected chi connectivity index (χ0v) is 12.1. The van der Waals surface area contributed by atoms with E-state index in [1.54, 1.807) is 35.9 Å². The first-order chi connectivity index (χ1) is 9.76. The molecule has 1 N–H and O–H groups in total. The molecule has 2 aromatic rings. The zero-order chi connectivity index (χ0) is 13.9. The number of aromatic nitrogens is 2. The lowest BCUT2D eigenvalue weighted by atomic mass is 10.2. The Hall–Kier alpha value is -1.79. The second-order valence-corrected chi connectivity index (χ2v) is 5.78. The summed E-state index contributed by atoms with van der Waals surface area (Å²) < 4.78 is 0. The number of hydrogen-bond donors (Lipinski definition) is 1. The lowest BCUT2D eigenvalue weighted by Gasteiger charge is -2.23. The molecule has 0 spiro atoms. The highest BCUT2D eigenvalue weighted by Gasteiger charge is 2.20. The summed E-state index contributed by atoms with van der Waals surface area (Å²) in [6, 6.07) is 3.39. The van der Waals surface area contributed by atoms with E-state index in [2.05, 4.69) is 27.1 Å². The van der Waals surface area contributed by atoms with Crippen molar-refractivity contribution in [2.24, 2.45) is 0 Å². The fraction of sp³-hybridized carbons (Fsp3) is 0.357. The number of nitrogens with zero attached hydrogens (tertiary/aromatic N) is 3. The van der Waals surface area contributed by atoms with Gasteiger partial charge < -0.3 is 0 Å². The van der Waals surface area contributed by atoms with Crippen LogP contribution in [0.4, 0.5) is 5.13 Å². The minimum absolute atomic E-state index is 0.133. The SMILES string of the molecule is CCN1CCc2nc(NC(=O)c3ccncc3)sc2C1. The van der Waals surface area contributed by atoms with E-state index in [-0.39, 0.29) is 5.91 Å². The molecule has 0 radical (unpaired) electrons. The molecule has 104 valence electrons. The molecule has 0 aromatic carbocycles. The van der Waals surface area contributed by atoms with Crippen molar-refractivity contribution in [3.63, 3.8) is 0 Å². The summed E-state index contributed by atoms with van der Waals surface area (Å²) in [5, 5.41) is 3.56. The number of carbonyl (C=O) groups is 1. The Balaban J connectivity index is 1.73. The van der Waals surface area contributed by atoms with Gasteiger partial charge in [-0.1, -0.05) is 6.92 Å². The summed E-state index contributed by atoms with van der Waals surface area (Å²) in [4.78, 5) is 24.2. The largest absolute Gasteiger partial charge is 0.298 e. The van der Waals surface area contributed by atoms with Crippen molar-refractivity contribution in [3.8, 4) is 0 Å². The van der Waals surface area contributed by atoms with E-state index in [0.717, 1.165) is 31.7 Å². The van der Waals surface area contributed by atoms with Gasteiger partial charge in [-0.25, -0.2) is 4.98 Å². The summed E-state index contributed by atoms with van der Waals surface area (Å²) in [7, 11) is 0. The second-order valence-electron chi connectivity index (χ2n) is 4.70.